The number of aromatic nitrogens is 2. The van der Waals surface area contributed by atoms with Gasteiger partial charge in [0, 0.05) is 62.0 Å². The van der Waals surface area contributed by atoms with Gasteiger partial charge in [0.15, 0.2) is 5.84 Å². The standard InChI is InChI=1S/C37H48B2N10O3/c1-5-49(30-12-11-29(40)33(46-30)32(41)27-10-13-31(44-20-27)52-23(2)3)35(50)28-16-19-48(21-28)37(38,39)36(51)47-17-14-25(15-18-47)24-6-8-26(9-7-24)34(42)45-22-43-4/h6-14,20,22-23,28,41H,5,15-19,21,38-40H2,1-4H3,(H2,42,43,45)/t28-/m1/s1. The lowest BCUT2D eigenvalue weighted by Crippen LogP contribution is -2.61. The van der Waals surface area contributed by atoms with E-state index in [1.165, 1.54) is 11.9 Å². The first kappa shape index (κ1) is 37.9. The Morgan fingerprint density at radius 2 is 1.87 bits per heavy atom. The molecule has 270 valence electrons. The van der Waals surface area contributed by atoms with Crippen molar-refractivity contribution in [3.8, 4) is 5.88 Å². The molecule has 0 spiro atoms. The third kappa shape index (κ3) is 8.42. The van der Waals surface area contributed by atoms with E-state index >= 15 is 0 Å². The molecule has 1 aromatic carbocycles. The Hall–Kier alpha value is -5.30. The maximum Gasteiger partial charge on any atom is 0.232 e. The highest BCUT2D eigenvalue weighted by molar-refractivity contribution is 6.51. The van der Waals surface area contributed by atoms with Crippen molar-refractivity contribution in [3.05, 3.63) is 83.2 Å². The summed E-state index contributed by atoms with van der Waals surface area (Å²) in [4.78, 5) is 46.6. The van der Waals surface area contributed by atoms with Crippen LogP contribution in [-0.4, -0.2) is 116 Å². The Bertz CT molecular complexity index is 1860. The number of carbonyl (C=O) groups excluding carboxylic acids is 2. The molecule has 13 nitrogen and oxygen atoms in total. The summed E-state index contributed by atoms with van der Waals surface area (Å²) in [6, 6.07) is 14.6. The fourth-order valence-electron chi connectivity index (χ4n) is 6.59. The third-order valence-electron chi connectivity index (χ3n) is 9.59. The number of carbonyl (C=O) groups is 2. The summed E-state index contributed by atoms with van der Waals surface area (Å²) in [6.45, 7) is 8.31. The number of anilines is 2. The first-order valence-electron chi connectivity index (χ1n) is 17.8. The zero-order valence-electron chi connectivity index (χ0n) is 30.9. The summed E-state index contributed by atoms with van der Waals surface area (Å²) in [5, 5.41) is 18.9. The maximum absolute atomic E-state index is 14.0. The fraction of sp³-hybridized carbons (Fsp3) is 0.378. The minimum absolute atomic E-state index is 0.0208. The first-order valence-corrected chi connectivity index (χ1v) is 17.8. The van der Waals surface area contributed by atoms with Gasteiger partial charge in [-0.25, -0.2) is 15.0 Å². The van der Waals surface area contributed by atoms with E-state index < -0.39 is 5.34 Å². The normalized spacial score (nSPS) is 16.5. The van der Waals surface area contributed by atoms with Crippen molar-refractivity contribution in [3.63, 3.8) is 0 Å². The van der Waals surface area contributed by atoms with E-state index in [9.17, 15) is 9.59 Å². The predicted molar refractivity (Wildman–Crippen MR) is 212 cm³/mol. The molecule has 52 heavy (non-hydrogen) atoms. The maximum atomic E-state index is 14.0. The van der Waals surface area contributed by atoms with Crippen LogP contribution in [0.4, 0.5) is 11.5 Å². The lowest BCUT2D eigenvalue weighted by atomic mass is 9.59. The molecule has 2 aliphatic rings. The van der Waals surface area contributed by atoms with Crippen molar-refractivity contribution in [2.45, 2.75) is 45.1 Å². The Kier molecular flexibility index (Phi) is 11.9. The zero-order chi connectivity index (χ0) is 37.6. The van der Waals surface area contributed by atoms with Crippen LogP contribution in [0.5, 0.6) is 5.88 Å². The van der Waals surface area contributed by atoms with Crippen LogP contribution < -0.4 is 20.7 Å². The van der Waals surface area contributed by atoms with Crippen LogP contribution in [0.3, 0.4) is 0 Å². The number of hydrogen-bond donors (Lipinski definition) is 4. The molecule has 2 amide bonds. The Balaban J connectivity index is 1.22. The van der Waals surface area contributed by atoms with E-state index in [-0.39, 0.29) is 41.1 Å². The number of amidine groups is 1. The fourth-order valence-corrected chi connectivity index (χ4v) is 6.59. The highest BCUT2D eigenvalue weighted by Crippen LogP contribution is 2.29. The Labute approximate surface area is 307 Å². The first-order chi connectivity index (χ1) is 24.8. The number of nitrogens with zero attached hydrogens (tertiary/aromatic N) is 6. The topological polar surface area (TPSA) is 177 Å². The van der Waals surface area contributed by atoms with Crippen molar-refractivity contribution < 1.29 is 14.3 Å². The Morgan fingerprint density at radius 1 is 1.13 bits per heavy atom. The van der Waals surface area contributed by atoms with Gasteiger partial charge in [-0.3, -0.25) is 25.3 Å². The second-order valence-electron chi connectivity index (χ2n) is 13.8. The number of hydrogen-bond acceptors (Lipinski definition) is 9. The second-order valence-corrected chi connectivity index (χ2v) is 13.8. The highest BCUT2D eigenvalue weighted by atomic mass is 16.5. The molecule has 1 fully saturated rings. The molecule has 0 bridgehead atoms. The van der Waals surface area contributed by atoms with Gasteiger partial charge in [0.05, 0.1) is 29.8 Å². The van der Waals surface area contributed by atoms with Gasteiger partial charge in [-0.15, -0.1) is 0 Å². The number of nitrogens with one attached hydrogen (secondary N) is 3. The van der Waals surface area contributed by atoms with Crippen molar-refractivity contribution in [2.24, 2.45) is 10.9 Å². The molecule has 2 aromatic heterocycles. The molecule has 2 aliphatic heterocycles. The average Bonchev–Trinajstić information content (AvgIpc) is 3.66. The van der Waals surface area contributed by atoms with Crippen molar-refractivity contribution >= 4 is 62.5 Å². The van der Waals surface area contributed by atoms with E-state index in [4.69, 9.17) is 26.3 Å². The van der Waals surface area contributed by atoms with E-state index in [2.05, 4.69) is 26.3 Å². The number of benzene rings is 1. The number of aliphatic imine (C=N–C) groups is 1. The average molecular weight is 702 g/mol. The van der Waals surface area contributed by atoms with Crippen LogP contribution in [0, 0.1) is 16.7 Å². The van der Waals surface area contributed by atoms with Crippen LogP contribution >= 0.6 is 0 Å². The van der Waals surface area contributed by atoms with Crippen LogP contribution in [-0.2, 0) is 9.59 Å². The summed E-state index contributed by atoms with van der Waals surface area (Å²) >= 11 is 0. The summed E-state index contributed by atoms with van der Waals surface area (Å²) in [5.74, 6) is 0.737. The van der Waals surface area contributed by atoms with Crippen LogP contribution in [0.1, 0.15) is 56.0 Å². The quantitative estimate of drug-likeness (QED) is 0.125. The zero-order valence-corrected chi connectivity index (χ0v) is 30.9. The van der Waals surface area contributed by atoms with Crippen molar-refractivity contribution in [1.82, 2.24) is 25.1 Å². The van der Waals surface area contributed by atoms with Gasteiger partial charge in [-0.1, -0.05) is 30.3 Å². The van der Waals surface area contributed by atoms with Gasteiger partial charge in [-0.05, 0) is 69.5 Å². The van der Waals surface area contributed by atoms with Crippen molar-refractivity contribution in [1.29, 1.82) is 10.8 Å². The SMILES string of the molecule is BC(B)(C(=O)N1CC=C(c2ccc(C(=N)/N=C\NC)cc2)CC1)N1CC[C@@H](C(=O)N(CC)c2ccc(N)c(C(=N)c3ccc(OC(C)C)nc3)n2)C1. The molecule has 3 aromatic rings. The number of amides is 2. The summed E-state index contributed by atoms with van der Waals surface area (Å²) < 4.78 is 5.62. The van der Waals surface area contributed by atoms with Gasteiger partial charge in [0.2, 0.25) is 17.7 Å². The van der Waals surface area contributed by atoms with Crippen LogP contribution in [0.2, 0.25) is 0 Å². The molecule has 5 rings (SSSR count). The van der Waals surface area contributed by atoms with Gasteiger partial charge in [-0.2, -0.15) is 0 Å². The molecule has 15 heteroatoms. The molecular weight excluding hydrogens is 654 g/mol. The predicted octanol–water partition coefficient (Wildman–Crippen LogP) is 1.75. The van der Waals surface area contributed by atoms with Crippen molar-refractivity contribution in [2.75, 3.05) is 50.4 Å². The van der Waals surface area contributed by atoms with E-state index in [1.54, 1.807) is 42.4 Å². The molecule has 5 N–H and O–H groups in total. The molecule has 0 saturated carbocycles. The van der Waals surface area contributed by atoms with Crippen LogP contribution in [0.15, 0.2) is 65.8 Å². The number of likely N-dealkylation sites (tertiary alicyclic amines) is 1. The molecule has 0 aliphatic carbocycles. The molecular formula is C37H48B2N10O3. The summed E-state index contributed by atoms with van der Waals surface area (Å²) in [5.41, 5.74) is 10.5. The lowest BCUT2D eigenvalue weighted by Gasteiger charge is -2.40. The highest BCUT2D eigenvalue weighted by Gasteiger charge is 2.43. The number of ether oxygens (including phenoxy) is 1. The third-order valence-corrected chi connectivity index (χ3v) is 9.59. The van der Waals surface area contributed by atoms with E-state index in [0.29, 0.717) is 62.1 Å². The van der Waals surface area contributed by atoms with Gasteiger partial charge in [0.1, 0.15) is 27.2 Å². The van der Waals surface area contributed by atoms with Gasteiger partial charge in [0.25, 0.3) is 0 Å². The monoisotopic (exact) mass is 702 g/mol. The number of pyridine rings is 2. The smallest absolute Gasteiger partial charge is 0.232 e. The molecule has 0 unspecified atom stereocenters. The number of nitrogen functional groups attached to an aromatic ring is 1. The number of nitrogens with two attached hydrogens (primary N) is 1. The lowest BCUT2D eigenvalue weighted by molar-refractivity contribution is -0.135. The van der Waals surface area contributed by atoms with Gasteiger partial charge < -0.3 is 25.6 Å². The summed E-state index contributed by atoms with van der Waals surface area (Å²) in [7, 11) is 5.63. The van der Waals surface area contributed by atoms with Crippen LogP contribution in [0.25, 0.3) is 5.57 Å². The molecule has 1 atom stereocenters. The molecule has 4 heterocycles. The Morgan fingerprint density at radius 3 is 2.48 bits per heavy atom. The molecule has 0 radical (unpaired) electrons. The number of rotatable bonds is 12. The van der Waals surface area contributed by atoms with Gasteiger partial charge >= 0.3 is 0 Å². The largest absolute Gasteiger partial charge is 0.475 e. The van der Waals surface area contributed by atoms with E-state index in [1.807, 2.05) is 65.6 Å². The minimum atomic E-state index is -0.793. The summed E-state index contributed by atoms with van der Waals surface area (Å²) in [6.07, 6.45) is 6.48. The second kappa shape index (κ2) is 16.4. The van der Waals surface area contributed by atoms with E-state index in [0.717, 1.165) is 17.5 Å². The minimum Gasteiger partial charge on any atom is -0.475 e. The molecule has 1 saturated heterocycles.